The second kappa shape index (κ2) is 16.9. The number of rotatable bonds is 7. The lowest BCUT2D eigenvalue weighted by atomic mass is 10.0. The van der Waals surface area contributed by atoms with Gasteiger partial charge < -0.3 is 21.3 Å². The summed E-state index contributed by atoms with van der Waals surface area (Å²) < 4.78 is 0. The van der Waals surface area contributed by atoms with Crippen LogP contribution in [0.5, 0.6) is 0 Å². The van der Waals surface area contributed by atoms with Crippen LogP contribution in [0.3, 0.4) is 0 Å². The highest BCUT2D eigenvalue weighted by Gasteiger charge is 2.26. The van der Waals surface area contributed by atoms with Gasteiger partial charge in [-0.15, -0.1) is 0 Å². The van der Waals surface area contributed by atoms with Crippen molar-refractivity contribution in [1.82, 2.24) is 21.3 Å². The molecular formula is C26H44N4O4S2. The maximum absolute atomic E-state index is 13.2. The lowest BCUT2D eigenvalue weighted by Crippen LogP contribution is -2.53. The Labute approximate surface area is 224 Å². The normalized spacial score (nSPS) is 24.8. The SMILES string of the molecule is C/C=C(\NC(=O)[C@H]1CSSCC/C=C/[C@@H](C)CC(=O)N[C@H](C(C)C)CN1)C(=O)N[C@H](C(C)=O)C(C)C. The van der Waals surface area contributed by atoms with Crippen molar-refractivity contribution < 1.29 is 19.2 Å². The quantitative estimate of drug-likeness (QED) is 0.223. The van der Waals surface area contributed by atoms with Gasteiger partial charge in [0.1, 0.15) is 5.70 Å². The number of hydrogen-bond acceptors (Lipinski definition) is 7. The number of carbonyl (C=O) groups is 4. The van der Waals surface area contributed by atoms with Crippen molar-refractivity contribution in [3.05, 3.63) is 23.9 Å². The highest BCUT2D eigenvalue weighted by Crippen LogP contribution is 2.23. The fourth-order valence-electron chi connectivity index (χ4n) is 3.63. The highest BCUT2D eigenvalue weighted by atomic mass is 33.1. The van der Waals surface area contributed by atoms with Gasteiger partial charge in [-0.05, 0) is 38.0 Å². The van der Waals surface area contributed by atoms with Gasteiger partial charge in [0.15, 0.2) is 5.78 Å². The van der Waals surface area contributed by atoms with Gasteiger partial charge in [-0.3, -0.25) is 19.2 Å². The van der Waals surface area contributed by atoms with Crippen LogP contribution in [0.25, 0.3) is 0 Å². The average Bonchev–Trinajstić information content (AvgIpc) is 2.80. The maximum Gasteiger partial charge on any atom is 0.268 e. The van der Waals surface area contributed by atoms with E-state index in [2.05, 4.69) is 33.4 Å². The van der Waals surface area contributed by atoms with Crippen LogP contribution < -0.4 is 21.3 Å². The first-order chi connectivity index (χ1) is 17.0. The Morgan fingerprint density at radius 1 is 1.17 bits per heavy atom. The molecule has 0 saturated heterocycles. The van der Waals surface area contributed by atoms with Crippen LogP contribution in [0.4, 0.5) is 0 Å². The summed E-state index contributed by atoms with van der Waals surface area (Å²) in [5.74, 6) is 0.687. The summed E-state index contributed by atoms with van der Waals surface area (Å²) in [5.41, 5.74) is 0.107. The number of hydrogen-bond donors (Lipinski definition) is 4. The fourth-order valence-corrected chi connectivity index (χ4v) is 5.82. The summed E-state index contributed by atoms with van der Waals surface area (Å²) in [6.45, 7) is 13.4. The average molecular weight is 541 g/mol. The smallest absolute Gasteiger partial charge is 0.268 e. The molecule has 4 atom stereocenters. The molecule has 0 bridgehead atoms. The number of amides is 3. The molecule has 4 N–H and O–H groups in total. The summed E-state index contributed by atoms with van der Waals surface area (Å²) >= 11 is 0. The van der Waals surface area contributed by atoms with Gasteiger partial charge in [0, 0.05) is 30.5 Å². The van der Waals surface area contributed by atoms with Crippen LogP contribution in [-0.4, -0.2) is 59.7 Å². The summed E-state index contributed by atoms with van der Waals surface area (Å²) in [6.07, 6.45) is 7.03. The molecule has 0 aromatic carbocycles. The molecule has 204 valence electrons. The Morgan fingerprint density at radius 3 is 2.44 bits per heavy atom. The number of carbonyl (C=O) groups excluding carboxylic acids is 4. The zero-order valence-electron chi connectivity index (χ0n) is 22.7. The first-order valence-corrected chi connectivity index (χ1v) is 15.2. The van der Waals surface area contributed by atoms with Crippen molar-refractivity contribution in [3.8, 4) is 0 Å². The standard InChI is InChI=1S/C26H44N4O4S2/c1-8-20(25(33)30-24(17(4)5)19(7)31)29-26(34)22-15-36-35-12-10-9-11-18(6)13-23(32)28-21(14-27-22)16(2)3/h8-9,11,16-18,21-22,24,27H,10,12-15H2,1-7H3,(H,28,32)(H,29,34)(H,30,33)/b11-9+,20-8-/t18-,21+,22-,24+/m1/s1. The van der Waals surface area contributed by atoms with Crippen LogP contribution in [0.2, 0.25) is 0 Å². The summed E-state index contributed by atoms with van der Waals surface area (Å²) in [7, 11) is 3.29. The third-order valence-corrected chi connectivity index (χ3v) is 8.34. The molecule has 0 unspecified atom stereocenters. The zero-order chi connectivity index (χ0) is 27.3. The summed E-state index contributed by atoms with van der Waals surface area (Å²) in [5, 5.41) is 11.9. The van der Waals surface area contributed by atoms with E-state index in [1.165, 1.54) is 13.0 Å². The lowest BCUT2D eigenvalue weighted by Gasteiger charge is -2.26. The van der Waals surface area contributed by atoms with Crippen molar-refractivity contribution in [2.75, 3.05) is 18.1 Å². The Balaban J connectivity index is 2.96. The van der Waals surface area contributed by atoms with E-state index < -0.39 is 18.0 Å². The molecule has 0 aliphatic carbocycles. The molecule has 0 radical (unpaired) electrons. The molecule has 1 heterocycles. The molecule has 0 aromatic heterocycles. The number of allylic oxidation sites excluding steroid dienone is 3. The monoisotopic (exact) mass is 540 g/mol. The minimum Gasteiger partial charge on any atom is -0.352 e. The fraction of sp³-hybridized carbons (Fsp3) is 0.692. The van der Waals surface area contributed by atoms with Gasteiger partial charge in [0.05, 0.1) is 12.1 Å². The largest absolute Gasteiger partial charge is 0.352 e. The molecule has 0 saturated carbocycles. The molecule has 10 heteroatoms. The number of nitrogens with one attached hydrogen (secondary N) is 4. The van der Waals surface area contributed by atoms with E-state index in [0.29, 0.717) is 18.7 Å². The molecule has 1 aliphatic heterocycles. The van der Waals surface area contributed by atoms with E-state index >= 15 is 0 Å². The van der Waals surface area contributed by atoms with Crippen LogP contribution >= 0.6 is 21.6 Å². The van der Waals surface area contributed by atoms with Gasteiger partial charge in [0.25, 0.3) is 5.91 Å². The molecule has 36 heavy (non-hydrogen) atoms. The second-order valence-electron chi connectivity index (χ2n) is 9.88. The third kappa shape index (κ3) is 12.0. The van der Waals surface area contributed by atoms with E-state index in [1.807, 2.05) is 34.6 Å². The van der Waals surface area contributed by atoms with Crippen molar-refractivity contribution >= 4 is 45.1 Å². The van der Waals surface area contributed by atoms with Crippen LogP contribution in [0.1, 0.15) is 61.3 Å². The Bertz CT molecular complexity index is 814. The molecule has 0 spiro atoms. The van der Waals surface area contributed by atoms with Gasteiger partial charge in [-0.2, -0.15) is 0 Å². The second-order valence-corrected chi connectivity index (χ2v) is 12.5. The molecule has 1 aliphatic rings. The first kappa shape index (κ1) is 32.2. The Morgan fingerprint density at radius 2 is 1.86 bits per heavy atom. The maximum atomic E-state index is 13.2. The molecule has 8 nitrogen and oxygen atoms in total. The van der Waals surface area contributed by atoms with E-state index in [0.717, 1.165) is 12.2 Å². The Kier molecular flexibility index (Phi) is 15.1. The van der Waals surface area contributed by atoms with Gasteiger partial charge in [0.2, 0.25) is 11.8 Å². The lowest BCUT2D eigenvalue weighted by molar-refractivity contribution is -0.127. The molecule has 0 aromatic rings. The van der Waals surface area contributed by atoms with Gasteiger partial charge >= 0.3 is 0 Å². The summed E-state index contributed by atoms with van der Waals surface area (Å²) in [4.78, 5) is 50.5. The minimum absolute atomic E-state index is 0.00896. The predicted molar refractivity (Wildman–Crippen MR) is 150 cm³/mol. The van der Waals surface area contributed by atoms with Crippen molar-refractivity contribution in [1.29, 1.82) is 0 Å². The van der Waals surface area contributed by atoms with E-state index in [9.17, 15) is 19.2 Å². The number of Topliss-reactive ketones (excluding diaryl/α,β-unsaturated/α-hetero) is 1. The van der Waals surface area contributed by atoms with Crippen molar-refractivity contribution in [2.24, 2.45) is 17.8 Å². The van der Waals surface area contributed by atoms with Crippen molar-refractivity contribution in [2.45, 2.75) is 79.4 Å². The Hall–Kier alpha value is -1.78. The van der Waals surface area contributed by atoms with Gasteiger partial charge in [-0.1, -0.05) is 74.4 Å². The summed E-state index contributed by atoms with van der Waals surface area (Å²) in [6, 6.07) is -1.34. The van der Waals surface area contributed by atoms with Crippen molar-refractivity contribution in [3.63, 3.8) is 0 Å². The minimum atomic E-state index is -0.625. The number of ketones is 1. The van der Waals surface area contributed by atoms with Gasteiger partial charge in [-0.25, -0.2) is 0 Å². The molecule has 0 fully saturated rings. The van der Waals surface area contributed by atoms with Crippen LogP contribution in [0, 0.1) is 17.8 Å². The van der Waals surface area contributed by atoms with E-state index in [1.54, 1.807) is 28.5 Å². The van der Waals surface area contributed by atoms with Crippen LogP contribution in [-0.2, 0) is 19.2 Å². The first-order valence-electron chi connectivity index (χ1n) is 12.7. The molecular weight excluding hydrogens is 496 g/mol. The highest BCUT2D eigenvalue weighted by molar-refractivity contribution is 8.76. The van der Waals surface area contributed by atoms with E-state index in [4.69, 9.17) is 0 Å². The zero-order valence-corrected chi connectivity index (χ0v) is 24.3. The predicted octanol–water partition coefficient (Wildman–Crippen LogP) is 3.20. The molecule has 3 amide bonds. The third-order valence-electron chi connectivity index (χ3n) is 5.89. The topological polar surface area (TPSA) is 116 Å². The molecule has 1 rings (SSSR count). The van der Waals surface area contributed by atoms with E-state index in [-0.39, 0.29) is 47.1 Å². The van der Waals surface area contributed by atoms with Crippen LogP contribution in [0.15, 0.2) is 23.9 Å².